The second kappa shape index (κ2) is 3.47. The molecule has 1 heterocycles. The SMILES string of the molecule is O=C1OC2(CCCCC2)C2=C1c1ccccc1C2. The molecule has 0 radical (unpaired) electrons. The van der Waals surface area contributed by atoms with E-state index < -0.39 is 0 Å². The van der Waals surface area contributed by atoms with Gasteiger partial charge in [-0.2, -0.15) is 0 Å². The third-order valence-corrected chi connectivity index (χ3v) is 4.66. The second-order valence-electron chi connectivity index (χ2n) is 5.63. The molecule has 3 aliphatic rings. The minimum Gasteiger partial charge on any atom is -0.451 e. The summed E-state index contributed by atoms with van der Waals surface area (Å²) in [5, 5.41) is 0. The first-order valence-electron chi connectivity index (χ1n) is 6.85. The number of esters is 1. The number of carbonyl (C=O) groups is 1. The Balaban J connectivity index is 1.85. The number of ether oxygens (including phenoxy) is 1. The van der Waals surface area contributed by atoms with Gasteiger partial charge in [-0.15, -0.1) is 0 Å². The molecule has 1 aromatic rings. The average Bonchev–Trinajstić information content (AvgIpc) is 2.89. The molecule has 1 aromatic carbocycles. The van der Waals surface area contributed by atoms with Crippen molar-refractivity contribution in [2.45, 2.75) is 44.1 Å². The number of rotatable bonds is 0. The Morgan fingerprint density at radius 2 is 1.83 bits per heavy atom. The summed E-state index contributed by atoms with van der Waals surface area (Å²) in [6.07, 6.45) is 6.59. The van der Waals surface area contributed by atoms with E-state index in [-0.39, 0.29) is 11.6 Å². The first-order chi connectivity index (χ1) is 8.80. The van der Waals surface area contributed by atoms with Crippen molar-refractivity contribution < 1.29 is 9.53 Å². The van der Waals surface area contributed by atoms with E-state index in [0.29, 0.717) is 0 Å². The van der Waals surface area contributed by atoms with Gasteiger partial charge in [0.25, 0.3) is 0 Å². The van der Waals surface area contributed by atoms with Gasteiger partial charge in [-0.3, -0.25) is 0 Å². The van der Waals surface area contributed by atoms with Gasteiger partial charge in [0, 0.05) is 0 Å². The Labute approximate surface area is 107 Å². The van der Waals surface area contributed by atoms with Gasteiger partial charge in [-0.05, 0) is 48.8 Å². The van der Waals surface area contributed by atoms with Crippen molar-refractivity contribution in [2.75, 3.05) is 0 Å². The monoisotopic (exact) mass is 240 g/mol. The lowest BCUT2D eigenvalue weighted by Crippen LogP contribution is -2.35. The Bertz CT molecular complexity index is 562. The normalized spacial score (nSPS) is 24.1. The maximum atomic E-state index is 12.2. The predicted molar refractivity (Wildman–Crippen MR) is 69.0 cm³/mol. The van der Waals surface area contributed by atoms with E-state index in [4.69, 9.17) is 4.74 Å². The topological polar surface area (TPSA) is 26.3 Å². The van der Waals surface area contributed by atoms with Gasteiger partial charge in [-0.25, -0.2) is 4.79 Å². The van der Waals surface area contributed by atoms with Gasteiger partial charge in [-0.1, -0.05) is 30.7 Å². The van der Waals surface area contributed by atoms with Crippen LogP contribution in [0.15, 0.2) is 29.8 Å². The molecule has 0 N–H and O–H groups in total. The molecule has 4 rings (SSSR count). The van der Waals surface area contributed by atoms with Crippen LogP contribution in [0, 0.1) is 0 Å². The minimum absolute atomic E-state index is 0.0862. The molecule has 0 bridgehead atoms. The van der Waals surface area contributed by atoms with Gasteiger partial charge in [0.1, 0.15) is 5.60 Å². The molecule has 0 amide bonds. The van der Waals surface area contributed by atoms with Crippen molar-refractivity contribution in [3.63, 3.8) is 0 Å². The van der Waals surface area contributed by atoms with Crippen LogP contribution in [0.5, 0.6) is 0 Å². The summed E-state index contributed by atoms with van der Waals surface area (Å²) in [4.78, 5) is 12.2. The van der Waals surface area contributed by atoms with E-state index in [9.17, 15) is 4.79 Å². The molecule has 1 fully saturated rings. The molecule has 0 atom stereocenters. The average molecular weight is 240 g/mol. The molecule has 2 aliphatic carbocycles. The number of carbonyl (C=O) groups excluding carboxylic acids is 1. The van der Waals surface area contributed by atoms with Crippen LogP contribution in [0.25, 0.3) is 5.57 Å². The van der Waals surface area contributed by atoms with Gasteiger partial charge >= 0.3 is 5.97 Å². The fraction of sp³-hybridized carbons (Fsp3) is 0.438. The molecule has 0 saturated heterocycles. The molecule has 1 aliphatic heterocycles. The quantitative estimate of drug-likeness (QED) is 0.651. The van der Waals surface area contributed by atoms with Gasteiger partial charge < -0.3 is 4.74 Å². The zero-order valence-corrected chi connectivity index (χ0v) is 10.4. The first kappa shape index (κ1) is 10.4. The largest absolute Gasteiger partial charge is 0.451 e. The maximum absolute atomic E-state index is 12.2. The lowest BCUT2D eigenvalue weighted by molar-refractivity contribution is -0.147. The standard InChI is InChI=1S/C16H16O2/c17-15-14-12-7-3-2-6-11(12)10-13(14)16(18-15)8-4-1-5-9-16/h2-3,6-7H,1,4-5,8-10H2. The number of fused-ring (bicyclic) bond motifs is 3. The molecule has 0 aromatic heterocycles. The Hall–Kier alpha value is -1.57. The molecule has 1 spiro atoms. The van der Waals surface area contributed by atoms with E-state index in [2.05, 4.69) is 18.2 Å². The number of benzene rings is 1. The van der Waals surface area contributed by atoms with Crippen LogP contribution in [-0.4, -0.2) is 11.6 Å². The second-order valence-corrected chi connectivity index (χ2v) is 5.63. The molecule has 1 saturated carbocycles. The maximum Gasteiger partial charge on any atom is 0.339 e. The molecule has 2 heteroatoms. The Morgan fingerprint density at radius 1 is 1.06 bits per heavy atom. The summed E-state index contributed by atoms with van der Waals surface area (Å²) < 4.78 is 5.80. The third kappa shape index (κ3) is 1.21. The first-order valence-corrected chi connectivity index (χ1v) is 6.85. The number of hydrogen-bond acceptors (Lipinski definition) is 2. The van der Waals surface area contributed by atoms with Crippen LogP contribution in [0.1, 0.15) is 43.2 Å². The summed E-state index contributed by atoms with van der Waals surface area (Å²) in [6, 6.07) is 8.26. The molecule has 0 unspecified atom stereocenters. The van der Waals surface area contributed by atoms with Gasteiger partial charge in [0.05, 0.1) is 5.57 Å². The summed E-state index contributed by atoms with van der Waals surface area (Å²) in [6.45, 7) is 0. The van der Waals surface area contributed by atoms with E-state index in [0.717, 1.165) is 30.4 Å². The molecular weight excluding hydrogens is 224 g/mol. The van der Waals surface area contributed by atoms with Crippen molar-refractivity contribution in [1.82, 2.24) is 0 Å². The summed E-state index contributed by atoms with van der Waals surface area (Å²) in [5.41, 5.74) is 4.31. The smallest absolute Gasteiger partial charge is 0.339 e. The third-order valence-electron chi connectivity index (χ3n) is 4.66. The van der Waals surface area contributed by atoms with Crippen molar-refractivity contribution in [2.24, 2.45) is 0 Å². The van der Waals surface area contributed by atoms with E-state index >= 15 is 0 Å². The van der Waals surface area contributed by atoms with Crippen LogP contribution in [0.3, 0.4) is 0 Å². The minimum atomic E-state index is -0.246. The molecule has 18 heavy (non-hydrogen) atoms. The highest BCUT2D eigenvalue weighted by atomic mass is 16.6. The van der Waals surface area contributed by atoms with Crippen LogP contribution in [-0.2, 0) is 16.0 Å². The summed E-state index contributed by atoms with van der Waals surface area (Å²) in [7, 11) is 0. The zero-order valence-electron chi connectivity index (χ0n) is 10.4. The predicted octanol–water partition coefficient (Wildman–Crippen LogP) is 3.26. The highest BCUT2D eigenvalue weighted by Crippen LogP contribution is 2.51. The van der Waals surface area contributed by atoms with Crippen molar-refractivity contribution in [3.8, 4) is 0 Å². The van der Waals surface area contributed by atoms with Crippen molar-refractivity contribution in [3.05, 3.63) is 41.0 Å². The Morgan fingerprint density at radius 3 is 2.67 bits per heavy atom. The summed E-state index contributed by atoms with van der Waals surface area (Å²) in [5.74, 6) is -0.0862. The molecule has 92 valence electrons. The fourth-order valence-electron chi connectivity index (χ4n) is 3.80. The van der Waals surface area contributed by atoms with Crippen LogP contribution >= 0.6 is 0 Å². The zero-order chi connectivity index (χ0) is 12.2. The fourth-order valence-corrected chi connectivity index (χ4v) is 3.80. The van der Waals surface area contributed by atoms with E-state index in [1.807, 2.05) is 6.07 Å². The van der Waals surface area contributed by atoms with E-state index in [1.54, 1.807) is 0 Å². The highest BCUT2D eigenvalue weighted by molar-refractivity contribution is 6.22. The van der Waals surface area contributed by atoms with Crippen molar-refractivity contribution in [1.29, 1.82) is 0 Å². The van der Waals surface area contributed by atoms with Crippen molar-refractivity contribution >= 4 is 11.5 Å². The van der Waals surface area contributed by atoms with Crippen LogP contribution in [0.2, 0.25) is 0 Å². The lowest BCUT2D eigenvalue weighted by atomic mass is 9.78. The van der Waals surface area contributed by atoms with Crippen LogP contribution in [0.4, 0.5) is 0 Å². The molecule has 2 nitrogen and oxygen atoms in total. The van der Waals surface area contributed by atoms with E-state index in [1.165, 1.54) is 30.4 Å². The lowest BCUT2D eigenvalue weighted by Gasteiger charge is -2.34. The van der Waals surface area contributed by atoms with Gasteiger partial charge in [0.15, 0.2) is 0 Å². The summed E-state index contributed by atoms with van der Waals surface area (Å²) >= 11 is 0. The number of hydrogen-bond donors (Lipinski definition) is 0. The highest BCUT2D eigenvalue weighted by Gasteiger charge is 2.50. The van der Waals surface area contributed by atoms with Crippen LogP contribution < -0.4 is 0 Å². The van der Waals surface area contributed by atoms with Gasteiger partial charge in [0.2, 0.25) is 0 Å². The Kier molecular flexibility index (Phi) is 2.00. The molecular formula is C16H16O2.